The van der Waals surface area contributed by atoms with Crippen molar-refractivity contribution >= 4 is 29.1 Å². The van der Waals surface area contributed by atoms with Crippen LogP contribution in [0, 0.1) is 11.8 Å². The van der Waals surface area contributed by atoms with Crippen molar-refractivity contribution in [1.82, 2.24) is 10.2 Å². The molecule has 1 aliphatic heterocycles. The van der Waals surface area contributed by atoms with E-state index in [4.69, 9.17) is 5.11 Å². The van der Waals surface area contributed by atoms with Gasteiger partial charge in [0.05, 0.1) is 11.8 Å². The fraction of sp³-hybridized carbons (Fsp3) is 0.500. The Morgan fingerprint density at radius 2 is 2.10 bits per heavy atom. The number of nitrogens with one attached hydrogen (secondary N) is 1. The molecule has 21 heavy (non-hydrogen) atoms. The number of aliphatic carboxylic acids is 1. The number of carboxylic acids is 1. The molecule has 0 spiro atoms. The van der Waals surface area contributed by atoms with Gasteiger partial charge in [-0.15, -0.1) is 11.3 Å². The quantitative estimate of drug-likeness (QED) is 0.867. The topological polar surface area (TPSA) is 86.7 Å². The van der Waals surface area contributed by atoms with Gasteiger partial charge in [0.15, 0.2) is 0 Å². The van der Waals surface area contributed by atoms with Crippen LogP contribution in [0.25, 0.3) is 0 Å². The van der Waals surface area contributed by atoms with Crippen LogP contribution in [0.3, 0.4) is 0 Å². The molecular weight excluding hydrogens is 292 g/mol. The van der Waals surface area contributed by atoms with Crippen molar-refractivity contribution in [2.45, 2.75) is 18.9 Å². The van der Waals surface area contributed by atoms with Crippen LogP contribution >= 0.6 is 11.3 Å². The number of rotatable bonds is 3. The fourth-order valence-corrected chi connectivity index (χ4v) is 3.77. The van der Waals surface area contributed by atoms with E-state index in [0.717, 1.165) is 4.88 Å². The molecule has 6 nitrogen and oxygen atoms in total. The van der Waals surface area contributed by atoms with E-state index in [1.54, 1.807) is 4.90 Å². The lowest BCUT2D eigenvalue weighted by atomic mass is 9.72. The number of carbonyl (C=O) groups excluding carboxylic acids is 2. The second-order valence-corrected chi connectivity index (χ2v) is 6.35. The molecule has 2 amide bonds. The monoisotopic (exact) mass is 308 g/mol. The Balaban J connectivity index is 1.83. The third kappa shape index (κ3) is 2.42. The molecule has 3 atom stereocenters. The number of nitrogens with zero attached hydrogens (tertiary/aromatic N) is 1. The zero-order valence-corrected chi connectivity index (χ0v) is 12.1. The average Bonchev–Trinajstić information content (AvgIpc) is 2.89. The van der Waals surface area contributed by atoms with Crippen molar-refractivity contribution in [3.63, 3.8) is 0 Å². The molecule has 3 rings (SSSR count). The Hall–Kier alpha value is -1.89. The molecule has 2 N–H and O–H groups in total. The number of amides is 2. The fourth-order valence-electron chi connectivity index (χ4n) is 2.94. The molecule has 112 valence electrons. The Bertz CT molecular complexity index is 572. The highest BCUT2D eigenvalue weighted by atomic mass is 32.1. The van der Waals surface area contributed by atoms with Gasteiger partial charge in [0.2, 0.25) is 11.8 Å². The predicted molar refractivity (Wildman–Crippen MR) is 75.6 cm³/mol. The standard InChI is InChI=1S/C14H16N2O4S/c17-12-11(10-2-1-7-21-10)16(6-5-15-12)13(18)8-3-4-9(8)14(19)20/h1-2,7-9,11H,3-6H2,(H,15,17)(H,19,20). The lowest BCUT2D eigenvalue weighted by Crippen LogP contribution is -2.55. The SMILES string of the molecule is O=C(O)C1CCC1C(=O)N1CCNC(=O)C1c1cccs1. The Labute approximate surface area is 125 Å². The number of piperazine rings is 1. The van der Waals surface area contributed by atoms with Crippen molar-refractivity contribution in [2.24, 2.45) is 11.8 Å². The Morgan fingerprint density at radius 3 is 2.67 bits per heavy atom. The van der Waals surface area contributed by atoms with E-state index in [9.17, 15) is 14.4 Å². The third-order valence-corrected chi connectivity index (χ3v) is 5.14. The van der Waals surface area contributed by atoms with Crippen LogP contribution in [0.1, 0.15) is 23.8 Å². The van der Waals surface area contributed by atoms with Crippen LogP contribution in [0.5, 0.6) is 0 Å². The minimum Gasteiger partial charge on any atom is -0.481 e. The molecule has 1 aliphatic carbocycles. The lowest BCUT2D eigenvalue weighted by Gasteiger charge is -2.41. The van der Waals surface area contributed by atoms with Crippen LogP contribution in [-0.2, 0) is 14.4 Å². The second-order valence-electron chi connectivity index (χ2n) is 5.37. The van der Waals surface area contributed by atoms with E-state index in [1.165, 1.54) is 11.3 Å². The van der Waals surface area contributed by atoms with Crippen molar-refractivity contribution in [3.8, 4) is 0 Å². The summed E-state index contributed by atoms with van der Waals surface area (Å²) in [5.74, 6) is -2.42. The average molecular weight is 308 g/mol. The largest absolute Gasteiger partial charge is 0.481 e. The van der Waals surface area contributed by atoms with Gasteiger partial charge in [0.1, 0.15) is 6.04 Å². The van der Waals surface area contributed by atoms with Gasteiger partial charge in [-0.25, -0.2) is 0 Å². The van der Waals surface area contributed by atoms with Gasteiger partial charge >= 0.3 is 5.97 Å². The molecule has 0 aromatic carbocycles. The lowest BCUT2D eigenvalue weighted by molar-refractivity contribution is -0.159. The predicted octanol–water partition coefficient (Wildman–Crippen LogP) is 0.858. The van der Waals surface area contributed by atoms with E-state index < -0.39 is 23.8 Å². The first kappa shape index (κ1) is 14.1. The van der Waals surface area contributed by atoms with E-state index in [1.807, 2.05) is 17.5 Å². The number of hydrogen-bond acceptors (Lipinski definition) is 4. The van der Waals surface area contributed by atoms with Gasteiger partial charge in [0.25, 0.3) is 0 Å². The zero-order chi connectivity index (χ0) is 15.0. The highest BCUT2D eigenvalue weighted by Crippen LogP contribution is 2.38. The number of carboxylic acid groups (broad SMARTS) is 1. The zero-order valence-electron chi connectivity index (χ0n) is 11.3. The second kappa shape index (κ2) is 5.48. The number of hydrogen-bond donors (Lipinski definition) is 2. The number of thiophene rings is 1. The molecule has 1 aromatic heterocycles. The van der Waals surface area contributed by atoms with Gasteiger partial charge < -0.3 is 15.3 Å². The van der Waals surface area contributed by atoms with Gasteiger partial charge in [-0.3, -0.25) is 14.4 Å². The maximum absolute atomic E-state index is 12.6. The molecule has 1 aromatic rings. The molecule has 7 heteroatoms. The molecular formula is C14H16N2O4S. The first-order valence-corrected chi connectivity index (χ1v) is 7.82. The van der Waals surface area contributed by atoms with E-state index in [2.05, 4.69) is 5.32 Å². The molecule has 1 saturated carbocycles. The van der Waals surface area contributed by atoms with E-state index >= 15 is 0 Å². The molecule has 1 saturated heterocycles. The van der Waals surface area contributed by atoms with Crippen LogP contribution in [0.4, 0.5) is 0 Å². The van der Waals surface area contributed by atoms with Crippen molar-refractivity contribution in [2.75, 3.05) is 13.1 Å². The summed E-state index contributed by atoms with van der Waals surface area (Å²) >= 11 is 1.43. The van der Waals surface area contributed by atoms with Crippen LogP contribution in [-0.4, -0.2) is 40.9 Å². The summed E-state index contributed by atoms with van der Waals surface area (Å²) in [7, 11) is 0. The van der Waals surface area contributed by atoms with Crippen LogP contribution in [0.2, 0.25) is 0 Å². The van der Waals surface area contributed by atoms with E-state index in [0.29, 0.717) is 25.9 Å². The van der Waals surface area contributed by atoms with E-state index in [-0.39, 0.29) is 11.8 Å². The van der Waals surface area contributed by atoms with Crippen LogP contribution < -0.4 is 5.32 Å². The first-order chi connectivity index (χ1) is 10.1. The van der Waals surface area contributed by atoms with Crippen molar-refractivity contribution in [1.29, 1.82) is 0 Å². The minimum absolute atomic E-state index is 0.191. The third-order valence-electron chi connectivity index (χ3n) is 4.22. The molecule has 2 aliphatic rings. The molecule has 3 unspecified atom stereocenters. The summed E-state index contributed by atoms with van der Waals surface area (Å²) in [5, 5.41) is 13.7. The number of carbonyl (C=O) groups is 3. The molecule has 0 radical (unpaired) electrons. The van der Waals surface area contributed by atoms with Crippen LogP contribution in [0.15, 0.2) is 17.5 Å². The molecule has 2 fully saturated rings. The maximum Gasteiger partial charge on any atom is 0.307 e. The first-order valence-electron chi connectivity index (χ1n) is 6.94. The minimum atomic E-state index is -0.922. The summed E-state index contributed by atoms with van der Waals surface area (Å²) < 4.78 is 0. The summed E-state index contributed by atoms with van der Waals surface area (Å²) in [4.78, 5) is 38.2. The summed E-state index contributed by atoms with van der Waals surface area (Å²) in [6.45, 7) is 0.840. The molecule has 0 bridgehead atoms. The smallest absolute Gasteiger partial charge is 0.307 e. The van der Waals surface area contributed by atoms with Crippen molar-refractivity contribution in [3.05, 3.63) is 22.4 Å². The normalized spacial score (nSPS) is 28.7. The maximum atomic E-state index is 12.6. The van der Waals surface area contributed by atoms with Crippen molar-refractivity contribution < 1.29 is 19.5 Å². The Morgan fingerprint density at radius 1 is 1.33 bits per heavy atom. The van der Waals surface area contributed by atoms with Gasteiger partial charge in [-0.1, -0.05) is 6.07 Å². The molecule has 2 heterocycles. The van der Waals surface area contributed by atoms with Gasteiger partial charge in [-0.05, 0) is 24.3 Å². The van der Waals surface area contributed by atoms with Gasteiger partial charge in [0, 0.05) is 18.0 Å². The highest BCUT2D eigenvalue weighted by Gasteiger charge is 2.46. The summed E-state index contributed by atoms with van der Waals surface area (Å²) in [6, 6.07) is 3.05. The summed E-state index contributed by atoms with van der Waals surface area (Å²) in [5.41, 5.74) is 0. The van der Waals surface area contributed by atoms with Gasteiger partial charge in [-0.2, -0.15) is 0 Å². The summed E-state index contributed by atoms with van der Waals surface area (Å²) in [6.07, 6.45) is 1.13. The highest BCUT2D eigenvalue weighted by molar-refractivity contribution is 7.10. The Kier molecular flexibility index (Phi) is 3.67.